The fourth-order valence-corrected chi connectivity index (χ4v) is 2.65. The first kappa shape index (κ1) is 15.5. The summed E-state index contributed by atoms with van der Waals surface area (Å²) in [5, 5.41) is 0. The predicted octanol–water partition coefficient (Wildman–Crippen LogP) is 3.97. The van der Waals surface area contributed by atoms with Gasteiger partial charge in [0.05, 0.1) is 6.04 Å². The molecule has 0 amide bonds. The Hall–Kier alpha value is -1.87. The molecule has 0 saturated carbocycles. The number of nitrogens with zero attached hydrogens (tertiary/aromatic N) is 1. The largest absolute Gasteiger partial charge is 0.363 e. The Morgan fingerprint density at radius 2 is 1.90 bits per heavy atom. The molecular formula is C18H23FN2. The molecule has 0 bridgehead atoms. The fourth-order valence-electron chi connectivity index (χ4n) is 2.65. The molecule has 0 saturated heterocycles. The Balaban J connectivity index is 2.39. The van der Waals surface area contributed by atoms with Crippen LogP contribution in [0.3, 0.4) is 0 Å². The molecule has 2 aromatic carbocycles. The number of anilines is 1. The quantitative estimate of drug-likeness (QED) is 0.901. The highest BCUT2D eigenvalue weighted by Crippen LogP contribution is 2.28. The second kappa shape index (κ2) is 6.72. The average Bonchev–Trinajstić information content (AvgIpc) is 2.47. The molecule has 0 fully saturated rings. The minimum Gasteiger partial charge on any atom is -0.363 e. The monoisotopic (exact) mass is 286 g/mol. The van der Waals surface area contributed by atoms with E-state index < -0.39 is 0 Å². The number of halogens is 1. The zero-order chi connectivity index (χ0) is 15.4. The number of hydrogen-bond donors (Lipinski definition) is 1. The van der Waals surface area contributed by atoms with Gasteiger partial charge in [-0.15, -0.1) is 0 Å². The molecule has 0 heterocycles. The molecule has 2 N–H and O–H groups in total. The molecule has 2 aromatic rings. The second-order valence-electron chi connectivity index (χ2n) is 5.39. The van der Waals surface area contributed by atoms with Gasteiger partial charge in [-0.3, -0.25) is 0 Å². The van der Waals surface area contributed by atoms with E-state index in [0.717, 1.165) is 17.8 Å². The van der Waals surface area contributed by atoms with Crippen molar-refractivity contribution in [2.24, 2.45) is 5.73 Å². The topological polar surface area (TPSA) is 29.3 Å². The van der Waals surface area contributed by atoms with Crippen molar-refractivity contribution in [2.45, 2.75) is 26.8 Å². The molecule has 112 valence electrons. The Kier molecular flexibility index (Phi) is 4.97. The maximum atomic E-state index is 13.9. The van der Waals surface area contributed by atoms with Gasteiger partial charge < -0.3 is 10.6 Å². The van der Waals surface area contributed by atoms with Gasteiger partial charge >= 0.3 is 0 Å². The van der Waals surface area contributed by atoms with E-state index in [2.05, 4.69) is 36.9 Å². The molecule has 0 radical (unpaired) electrons. The summed E-state index contributed by atoms with van der Waals surface area (Å²) < 4.78 is 13.9. The molecule has 2 rings (SSSR count). The smallest absolute Gasteiger partial charge is 0.126 e. The highest BCUT2D eigenvalue weighted by atomic mass is 19.1. The average molecular weight is 286 g/mol. The van der Waals surface area contributed by atoms with Crippen molar-refractivity contribution >= 4 is 5.69 Å². The summed E-state index contributed by atoms with van der Waals surface area (Å²) >= 11 is 0. The SMILES string of the molecule is CCN(c1cccc(C)c1)C(CN)c1ccc(C)c(F)c1. The Bertz CT molecular complexity index is 610. The van der Waals surface area contributed by atoms with E-state index in [0.29, 0.717) is 12.1 Å². The lowest BCUT2D eigenvalue weighted by Crippen LogP contribution is -2.33. The third kappa shape index (κ3) is 3.42. The van der Waals surface area contributed by atoms with E-state index in [1.807, 2.05) is 18.2 Å². The first-order valence-corrected chi connectivity index (χ1v) is 7.36. The molecule has 0 aliphatic carbocycles. The number of nitrogens with two attached hydrogens (primary N) is 1. The van der Waals surface area contributed by atoms with E-state index in [-0.39, 0.29) is 11.9 Å². The summed E-state index contributed by atoms with van der Waals surface area (Å²) in [6.07, 6.45) is 0. The highest BCUT2D eigenvalue weighted by molar-refractivity contribution is 5.51. The van der Waals surface area contributed by atoms with Crippen LogP contribution in [0.1, 0.15) is 29.7 Å². The molecule has 1 unspecified atom stereocenters. The van der Waals surface area contributed by atoms with Crippen LogP contribution in [-0.4, -0.2) is 13.1 Å². The summed E-state index contributed by atoms with van der Waals surface area (Å²) in [5.41, 5.74) is 9.89. The zero-order valence-corrected chi connectivity index (χ0v) is 12.9. The van der Waals surface area contributed by atoms with Crippen LogP contribution in [-0.2, 0) is 0 Å². The molecule has 3 heteroatoms. The van der Waals surface area contributed by atoms with Crippen LogP contribution >= 0.6 is 0 Å². The Morgan fingerprint density at radius 1 is 1.14 bits per heavy atom. The predicted molar refractivity (Wildman–Crippen MR) is 87.1 cm³/mol. The third-order valence-corrected chi connectivity index (χ3v) is 3.85. The van der Waals surface area contributed by atoms with Gasteiger partial charge in [0.25, 0.3) is 0 Å². The van der Waals surface area contributed by atoms with Crippen LogP contribution in [0.5, 0.6) is 0 Å². The summed E-state index contributed by atoms with van der Waals surface area (Å²) in [6, 6.07) is 13.7. The second-order valence-corrected chi connectivity index (χ2v) is 5.39. The van der Waals surface area contributed by atoms with Crippen molar-refractivity contribution < 1.29 is 4.39 Å². The molecule has 0 aliphatic heterocycles. The number of benzene rings is 2. The molecule has 2 nitrogen and oxygen atoms in total. The number of aryl methyl sites for hydroxylation is 2. The molecule has 0 aliphatic rings. The van der Waals surface area contributed by atoms with Crippen LogP contribution < -0.4 is 10.6 Å². The van der Waals surface area contributed by atoms with E-state index in [4.69, 9.17) is 5.73 Å². The minimum atomic E-state index is -0.175. The van der Waals surface area contributed by atoms with Gasteiger partial charge in [0.1, 0.15) is 5.82 Å². The standard InChI is InChI=1S/C18H23FN2/c1-4-21(16-7-5-6-13(2)10-16)18(12-20)15-9-8-14(3)17(19)11-15/h5-11,18H,4,12,20H2,1-3H3. The highest BCUT2D eigenvalue weighted by Gasteiger charge is 2.19. The van der Waals surface area contributed by atoms with Crippen LogP contribution in [0.15, 0.2) is 42.5 Å². The van der Waals surface area contributed by atoms with Crippen molar-refractivity contribution in [3.8, 4) is 0 Å². The summed E-state index contributed by atoms with van der Waals surface area (Å²) in [4.78, 5) is 2.22. The van der Waals surface area contributed by atoms with Gasteiger partial charge in [-0.05, 0) is 55.7 Å². The van der Waals surface area contributed by atoms with Crippen LogP contribution in [0.4, 0.5) is 10.1 Å². The first-order chi connectivity index (χ1) is 10.1. The summed E-state index contributed by atoms with van der Waals surface area (Å²) in [6.45, 7) is 7.20. The number of rotatable bonds is 5. The van der Waals surface area contributed by atoms with E-state index in [1.54, 1.807) is 13.0 Å². The van der Waals surface area contributed by atoms with Crippen molar-refractivity contribution in [2.75, 3.05) is 18.0 Å². The van der Waals surface area contributed by atoms with Gasteiger partial charge in [-0.25, -0.2) is 4.39 Å². The summed E-state index contributed by atoms with van der Waals surface area (Å²) in [5.74, 6) is -0.175. The van der Waals surface area contributed by atoms with Gasteiger partial charge in [0.2, 0.25) is 0 Å². The molecular weight excluding hydrogens is 263 g/mol. The third-order valence-electron chi connectivity index (χ3n) is 3.85. The van der Waals surface area contributed by atoms with Crippen LogP contribution in [0.2, 0.25) is 0 Å². The molecule has 0 spiro atoms. The normalized spacial score (nSPS) is 12.2. The minimum absolute atomic E-state index is 0.0214. The van der Waals surface area contributed by atoms with E-state index >= 15 is 0 Å². The Morgan fingerprint density at radius 3 is 2.48 bits per heavy atom. The van der Waals surface area contributed by atoms with Crippen molar-refractivity contribution in [1.82, 2.24) is 0 Å². The van der Waals surface area contributed by atoms with E-state index in [1.165, 1.54) is 5.56 Å². The Labute approximate surface area is 126 Å². The van der Waals surface area contributed by atoms with Crippen molar-refractivity contribution in [1.29, 1.82) is 0 Å². The fraction of sp³-hybridized carbons (Fsp3) is 0.333. The lowest BCUT2D eigenvalue weighted by Gasteiger charge is -2.32. The molecule has 21 heavy (non-hydrogen) atoms. The van der Waals surface area contributed by atoms with Gasteiger partial charge in [0.15, 0.2) is 0 Å². The van der Waals surface area contributed by atoms with Gasteiger partial charge in [-0.1, -0.05) is 24.3 Å². The van der Waals surface area contributed by atoms with Crippen LogP contribution in [0.25, 0.3) is 0 Å². The van der Waals surface area contributed by atoms with Gasteiger partial charge in [0, 0.05) is 18.8 Å². The lowest BCUT2D eigenvalue weighted by atomic mass is 10.0. The van der Waals surface area contributed by atoms with Crippen LogP contribution in [0, 0.1) is 19.7 Å². The molecule has 1 atom stereocenters. The summed E-state index contributed by atoms with van der Waals surface area (Å²) in [7, 11) is 0. The zero-order valence-electron chi connectivity index (χ0n) is 12.9. The first-order valence-electron chi connectivity index (χ1n) is 7.36. The van der Waals surface area contributed by atoms with E-state index in [9.17, 15) is 4.39 Å². The number of likely N-dealkylation sites (N-methyl/N-ethyl adjacent to an activating group) is 1. The van der Waals surface area contributed by atoms with Gasteiger partial charge in [-0.2, -0.15) is 0 Å². The maximum absolute atomic E-state index is 13.9. The lowest BCUT2D eigenvalue weighted by molar-refractivity contribution is 0.600. The maximum Gasteiger partial charge on any atom is 0.126 e. The van der Waals surface area contributed by atoms with Crippen molar-refractivity contribution in [3.63, 3.8) is 0 Å². The molecule has 0 aromatic heterocycles. The number of hydrogen-bond acceptors (Lipinski definition) is 2. The van der Waals surface area contributed by atoms with Crippen molar-refractivity contribution in [3.05, 3.63) is 65.0 Å².